The van der Waals surface area contributed by atoms with E-state index in [0.717, 1.165) is 0 Å². The van der Waals surface area contributed by atoms with Gasteiger partial charge in [0.2, 0.25) is 0 Å². The summed E-state index contributed by atoms with van der Waals surface area (Å²) < 4.78 is 22.8. The molecule has 15 heavy (non-hydrogen) atoms. The monoisotopic (exact) mass is 241 g/mol. The van der Waals surface area contributed by atoms with Crippen molar-refractivity contribution in [1.29, 1.82) is 5.26 Å². The number of sulfone groups is 1. The Morgan fingerprint density at radius 1 is 1.27 bits per heavy atom. The molecular weight excluding hydrogens is 234 g/mol. The molecule has 1 aromatic carbocycles. The van der Waals surface area contributed by atoms with Crippen LogP contribution in [-0.2, 0) is 9.84 Å². The Morgan fingerprint density at radius 2 is 1.80 bits per heavy atom. The summed E-state index contributed by atoms with van der Waals surface area (Å²) in [6.07, 6.45) is 0.850. The van der Waals surface area contributed by atoms with Crippen LogP contribution in [0.15, 0.2) is 29.2 Å². The van der Waals surface area contributed by atoms with Crippen LogP contribution < -0.4 is 0 Å². The number of nitrogens with zero attached hydrogens (tertiary/aromatic N) is 1. The van der Waals surface area contributed by atoms with Gasteiger partial charge in [-0.05, 0) is 37.1 Å². The first-order valence-corrected chi connectivity index (χ1v) is 6.29. The van der Waals surface area contributed by atoms with E-state index in [9.17, 15) is 8.42 Å². The smallest absolute Gasteiger partial charge is 0.197 e. The van der Waals surface area contributed by atoms with Crippen molar-refractivity contribution >= 4 is 21.4 Å². The molecule has 0 atom stereocenters. The number of nitriles is 1. The lowest BCUT2D eigenvalue weighted by Crippen LogP contribution is -2.20. The standard InChI is InChI=1S/C10H8ClNO2S/c11-8-1-3-9(4-2-8)15(13,14)10(7-12)5-6-10/h1-4H,5-6H2. The molecule has 1 aliphatic carbocycles. The van der Waals surface area contributed by atoms with Gasteiger partial charge >= 0.3 is 0 Å². The van der Waals surface area contributed by atoms with Gasteiger partial charge in [-0.15, -0.1) is 0 Å². The summed E-state index contributed by atoms with van der Waals surface area (Å²) in [6, 6.07) is 7.80. The molecule has 0 amide bonds. The summed E-state index contributed by atoms with van der Waals surface area (Å²) in [4.78, 5) is 0.172. The molecule has 3 nitrogen and oxygen atoms in total. The second kappa shape index (κ2) is 3.22. The van der Waals surface area contributed by atoms with Crippen molar-refractivity contribution in [3.8, 4) is 6.07 Å². The Kier molecular flexibility index (Phi) is 2.25. The maximum atomic E-state index is 12.0. The average molecular weight is 242 g/mol. The zero-order chi connectivity index (χ0) is 11.1. The first kappa shape index (κ1) is 10.5. The highest BCUT2D eigenvalue weighted by molar-refractivity contribution is 7.93. The zero-order valence-corrected chi connectivity index (χ0v) is 9.35. The lowest BCUT2D eigenvalue weighted by atomic mass is 10.4. The van der Waals surface area contributed by atoms with Crippen molar-refractivity contribution in [2.75, 3.05) is 0 Å². The van der Waals surface area contributed by atoms with Crippen molar-refractivity contribution < 1.29 is 8.42 Å². The fraction of sp³-hybridized carbons (Fsp3) is 0.300. The minimum Gasteiger partial charge on any atom is -0.222 e. The maximum Gasteiger partial charge on any atom is 0.197 e. The third kappa shape index (κ3) is 1.52. The van der Waals surface area contributed by atoms with Crippen LogP contribution >= 0.6 is 11.6 Å². The fourth-order valence-corrected chi connectivity index (χ4v) is 3.22. The van der Waals surface area contributed by atoms with Crippen LogP contribution in [0.4, 0.5) is 0 Å². The van der Waals surface area contributed by atoms with Gasteiger partial charge in [0.15, 0.2) is 14.6 Å². The second-order valence-corrected chi connectivity index (χ2v) is 6.26. The van der Waals surface area contributed by atoms with Gasteiger partial charge < -0.3 is 0 Å². The van der Waals surface area contributed by atoms with Gasteiger partial charge in [0, 0.05) is 5.02 Å². The van der Waals surface area contributed by atoms with Crippen molar-refractivity contribution in [3.63, 3.8) is 0 Å². The van der Waals surface area contributed by atoms with Crippen LogP contribution in [0, 0.1) is 11.3 Å². The summed E-state index contributed by atoms with van der Waals surface area (Å²) in [6.45, 7) is 0. The summed E-state index contributed by atoms with van der Waals surface area (Å²) in [5.41, 5.74) is 0. The molecule has 0 saturated heterocycles. The first-order chi connectivity index (χ1) is 7.02. The van der Waals surface area contributed by atoms with E-state index in [4.69, 9.17) is 16.9 Å². The molecule has 0 heterocycles. The number of benzene rings is 1. The molecule has 1 fully saturated rings. The van der Waals surface area contributed by atoms with E-state index in [2.05, 4.69) is 0 Å². The SMILES string of the molecule is N#CC1(S(=O)(=O)c2ccc(Cl)cc2)CC1. The molecule has 0 bridgehead atoms. The molecule has 1 saturated carbocycles. The number of halogens is 1. The van der Waals surface area contributed by atoms with Gasteiger partial charge in [-0.1, -0.05) is 11.6 Å². The highest BCUT2D eigenvalue weighted by atomic mass is 35.5. The van der Waals surface area contributed by atoms with Crippen LogP contribution in [0.1, 0.15) is 12.8 Å². The van der Waals surface area contributed by atoms with Crippen LogP contribution in [0.5, 0.6) is 0 Å². The van der Waals surface area contributed by atoms with Gasteiger partial charge in [-0.25, -0.2) is 8.42 Å². The minimum atomic E-state index is -3.51. The second-order valence-electron chi connectivity index (χ2n) is 3.56. The van der Waals surface area contributed by atoms with Gasteiger partial charge in [-0.2, -0.15) is 5.26 Å². The van der Waals surface area contributed by atoms with Gasteiger partial charge in [-0.3, -0.25) is 0 Å². The van der Waals surface area contributed by atoms with E-state index in [0.29, 0.717) is 17.9 Å². The Labute approximate surface area is 93.2 Å². The average Bonchev–Trinajstić information content (AvgIpc) is 2.99. The fourth-order valence-electron chi connectivity index (χ4n) is 1.39. The number of hydrogen-bond donors (Lipinski definition) is 0. The predicted molar refractivity (Wildman–Crippen MR) is 56.2 cm³/mol. The van der Waals surface area contributed by atoms with Gasteiger partial charge in [0.1, 0.15) is 0 Å². The zero-order valence-electron chi connectivity index (χ0n) is 7.77. The number of hydrogen-bond acceptors (Lipinski definition) is 3. The predicted octanol–water partition coefficient (Wildman–Crippen LogP) is 2.17. The summed E-state index contributed by atoms with van der Waals surface area (Å²) >= 11 is 5.67. The van der Waals surface area contributed by atoms with E-state index in [1.54, 1.807) is 0 Å². The number of rotatable bonds is 2. The first-order valence-electron chi connectivity index (χ1n) is 4.43. The molecule has 0 unspecified atom stereocenters. The van der Waals surface area contributed by atoms with E-state index in [1.165, 1.54) is 24.3 Å². The van der Waals surface area contributed by atoms with Crippen molar-refractivity contribution in [1.82, 2.24) is 0 Å². The summed E-state index contributed by atoms with van der Waals surface area (Å²) in [5.74, 6) is 0. The molecule has 0 aliphatic heterocycles. The van der Waals surface area contributed by atoms with E-state index in [-0.39, 0.29) is 4.90 Å². The summed E-state index contributed by atoms with van der Waals surface area (Å²) in [5, 5.41) is 9.34. The molecule has 0 N–H and O–H groups in total. The largest absolute Gasteiger partial charge is 0.222 e. The maximum absolute atomic E-state index is 12.0. The summed E-state index contributed by atoms with van der Waals surface area (Å²) in [7, 11) is -3.51. The molecule has 1 aromatic rings. The lowest BCUT2D eigenvalue weighted by Gasteiger charge is -2.07. The van der Waals surface area contributed by atoms with Crippen LogP contribution in [0.2, 0.25) is 5.02 Å². The van der Waals surface area contributed by atoms with Gasteiger partial charge in [0.25, 0.3) is 0 Å². The molecular formula is C10H8ClNO2S. The molecule has 5 heteroatoms. The third-order valence-corrected chi connectivity index (χ3v) is 5.22. The van der Waals surface area contributed by atoms with Crippen molar-refractivity contribution in [2.24, 2.45) is 0 Å². The lowest BCUT2D eigenvalue weighted by molar-refractivity contribution is 0.588. The van der Waals surface area contributed by atoms with Crippen LogP contribution in [0.3, 0.4) is 0 Å². The highest BCUT2D eigenvalue weighted by Gasteiger charge is 2.55. The Morgan fingerprint density at radius 3 is 2.20 bits per heavy atom. The normalized spacial score (nSPS) is 18.1. The molecule has 0 radical (unpaired) electrons. The van der Waals surface area contributed by atoms with Crippen molar-refractivity contribution in [2.45, 2.75) is 22.5 Å². The molecule has 2 rings (SSSR count). The van der Waals surface area contributed by atoms with Crippen LogP contribution in [0.25, 0.3) is 0 Å². The molecule has 0 spiro atoms. The van der Waals surface area contributed by atoms with Crippen molar-refractivity contribution in [3.05, 3.63) is 29.3 Å². The third-order valence-electron chi connectivity index (χ3n) is 2.55. The minimum absolute atomic E-state index is 0.172. The molecule has 78 valence electrons. The Balaban J connectivity index is 2.48. The van der Waals surface area contributed by atoms with E-state index in [1.807, 2.05) is 6.07 Å². The van der Waals surface area contributed by atoms with Gasteiger partial charge in [0.05, 0.1) is 11.0 Å². The molecule has 0 aromatic heterocycles. The molecule has 1 aliphatic rings. The van der Waals surface area contributed by atoms with Crippen LogP contribution in [-0.4, -0.2) is 13.2 Å². The highest BCUT2D eigenvalue weighted by Crippen LogP contribution is 2.46. The van der Waals surface area contributed by atoms with E-state index >= 15 is 0 Å². The topological polar surface area (TPSA) is 57.9 Å². The quantitative estimate of drug-likeness (QED) is 0.797. The Hall–Kier alpha value is -1.05. The van der Waals surface area contributed by atoms with E-state index < -0.39 is 14.6 Å². The Bertz CT molecular complexity index is 524.